The Morgan fingerprint density at radius 3 is 2.69 bits per heavy atom. The summed E-state index contributed by atoms with van der Waals surface area (Å²) in [5.74, 6) is 2.01. The number of hydrogen-bond acceptors (Lipinski definition) is 6. The number of anilines is 2. The first-order valence-corrected chi connectivity index (χ1v) is 9.26. The molecule has 0 saturated carbocycles. The number of benzene rings is 2. The molecule has 0 aliphatic carbocycles. The van der Waals surface area contributed by atoms with E-state index in [0.717, 1.165) is 22.7 Å². The summed E-state index contributed by atoms with van der Waals surface area (Å²) in [5, 5.41) is 6.28. The quantitative estimate of drug-likeness (QED) is 0.449. The molecule has 4 aromatic rings. The van der Waals surface area contributed by atoms with Crippen LogP contribution in [0.3, 0.4) is 0 Å². The number of fused-ring (bicyclic) bond motifs is 1. The second kappa shape index (κ2) is 7.71. The number of hydrogen-bond donors (Lipinski definition) is 1. The number of rotatable bonds is 6. The van der Waals surface area contributed by atoms with Crippen LogP contribution in [-0.4, -0.2) is 14.5 Å². The molecule has 0 atom stereocenters. The first-order chi connectivity index (χ1) is 14.0. The molecule has 0 spiro atoms. The Kier molecular flexibility index (Phi) is 4.95. The van der Waals surface area contributed by atoms with E-state index in [9.17, 15) is 4.91 Å². The van der Waals surface area contributed by atoms with Crippen LogP contribution in [0.15, 0.2) is 59.9 Å². The summed E-state index contributed by atoms with van der Waals surface area (Å²) in [6.45, 7) is 4.17. The van der Waals surface area contributed by atoms with Crippen molar-refractivity contribution in [1.82, 2.24) is 14.5 Å². The van der Waals surface area contributed by atoms with E-state index in [4.69, 9.17) is 9.72 Å². The highest BCUT2D eigenvalue weighted by atomic mass is 16.5. The lowest BCUT2D eigenvalue weighted by molar-refractivity contribution is 0.481. The van der Waals surface area contributed by atoms with E-state index in [1.165, 1.54) is 11.1 Å². The van der Waals surface area contributed by atoms with Gasteiger partial charge in [0.15, 0.2) is 0 Å². The van der Waals surface area contributed by atoms with E-state index in [0.29, 0.717) is 17.2 Å². The van der Waals surface area contributed by atoms with Crippen LogP contribution in [0.2, 0.25) is 0 Å². The van der Waals surface area contributed by atoms with Gasteiger partial charge in [0, 0.05) is 31.1 Å². The van der Waals surface area contributed by atoms with E-state index in [-0.39, 0.29) is 6.54 Å². The van der Waals surface area contributed by atoms with Crippen molar-refractivity contribution >= 4 is 22.7 Å². The largest absolute Gasteiger partial charge is 0.457 e. The van der Waals surface area contributed by atoms with Crippen molar-refractivity contribution < 1.29 is 4.74 Å². The highest BCUT2D eigenvalue weighted by molar-refractivity contribution is 5.81. The lowest BCUT2D eigenvalue weighted by atomic mass is 10.1. The van der Waals surface area contributed by atoms with Crippen LogP contribution >= 0.6 is 0 Å². The molecule has 7 heteroatoms. The molecule has 7 nitrogen and oxygen atoms in total. The Hall–Kier alpha value is -3.74. The number of ether oxygens (including phenoxy) is 1. The molecular weight excluding hydrogens is 366 g/mol. The van der Waals surface area contributed by atoms with Crippen molar-refractivity contribution in [2.24, 2.45) is 12.2 Å². The maximum atomic E-state index is 10.4. The number of aromatic nitrogens is 3. The summed E-state index contributed by atoms with van der Waals surface area (Å²) < 4.78 is 7.93. The Morgan fingerprint density at radius 1 is 1.07 bits per heavy atom. The van der Waals surface area contributed by atoms with Crippen LogP contribution in [0.4, 0.5) is 11.6 Å². The van der Waals surface area contributed by atoms with Crippen molar-refractivity contribution in [3.05, 3.63) is 76.5 Å². The summed E-state index contributed by atoms with van der Waals surface area (Å²) >= 11 is 0. The van der Waals surface area contributed by atoms with E-state index < -0.39 is 0 Å². The van der Waals surface area contributed by atoms with Crippen molar-refractivity contribution in [3.63, 3.8) is 0 Å². The number of imidazole rings is 1. The summed E-state index contributed by atoms with van der Waals surface area (Å²) in [6.07, 6.45) is 1.60. The van der Waals surface area contributed by atoms with Gasteiger partial charge in [0.25, 0.3) is 0 Å². The second-order valence-electron chi connectivity index (χ2n) is 6.96. The van der Waals surface area contributed by atoms with E-state index in [1.807, 2.05) is 29.8 Å². The monoisotopic (exact) mass is 387 g/mol. The van der Waals surface area contributed by atoms with Gasteiger partial charge in [-0.2, -0.15) is 4.91 Å². The van der Waals surface area contributed by atoms with Gasteiger partial charge in [0.05, 0.1) is 16.7 Å². The van der Waals surface area contributed by atoms with Gasteiger partial charge >= 0.3 is 0 Å². The van der Waals surface area contributed by atoms with Gasteiger partial charge in [-0.3, -0.25) is 4.98 Å². The molecule has 2 aromatic heterocycles. The van der Waals surface area contributed by atoms with Gasteiger partial charge in [-0.15, -0.1) is 0 Å². The number of aryl methyl sites for hydroxylation is 3. The van der Waals surface area contributed by atoms with E-state index in [2.05, 4.69) is 47.5 Å². The second-order valence-corrected chi connectivity index (χ2v) is 6.96. The molecule has 0 fully saturated rings. The van der Waals surface area contributed by atoms with Crippen molar-refractivity contribution in [2.75, 3.05) is 5.32 Å². The van der Waals surface area contributed by atoms with Crippen molar-refractivity contribution in [3.8, 4) is 11.5 Å². The zero-order chi connectivity index (χ0) is 20.4. The minimum atomic E-state index is 0.0178. The number of nitrogens with one attached hydrogen (secondary N) is 1. The topological polar surface area (TPSA) is 81.4 Å². The van der Waals surface area contributed by atoms with Crippen LogP contribution in [0.5, 0.6) is 11.5 Å². The third-order valence-corrected chi connectivity index (χ3v) is 4.73. The Morgan fingerprint density at radius 2 is 1.90 bits per heavy atom. The fourth-order valence-corrected chi connectivity index (χ4v) is 3.24. The fourth-order valence-electron chi connectivity index (χ4n) is 3.24. The summed E-state index contributed by atoms with van der Waals surface area (Å²) in [7, 11) is 1.98. The molecule has 4 rings (SSSR count). The minimum Gasteiger partial charge on any atom is -0.457 e. The fraction of sp³-hybridized carbons (Fsp3) is 0.182. The van der Waals surface area contributed by atoms with Crippen molar-refractivity contribution in [2.45, 2.75) is 20.4 Å². The average Bonchev–Trinajstić information content (AvgIpc) is 2.99. The van der Waals surface area contributed by atoms with Gasteiger partial charge in [-0.25, -0.2) is 4.98 Å². The predicted octanol–water partition coefficient (Wildman–Crippen LogP) is 5.39. The van der Waals surface area contributed by atoms with E-state index >= 15 is 0 Å². The summed E-state index contributed by atoms with van der Waals surface area (Å²) in [4.78, 5) is 19.3. The van der Waals surface area contributed by atoms with Gasteiger partial charge < -0.3 is 14.6 Å². The molecule has 0 saturated heterocycles. The maximum Gasteiger partial charge on any atom is 0.208 e. The standard InChI is InChI=1S/C22H21N5O2/c1-14-4-6-19(15(2)10-14)25-22-26-20-12-17(5-7-21(20)27(22)3)29-18-8-9-23-16(11-18)13-24-28/h4-12H,13H2,1-3H3,(H,25,26). The smallest absolute Gasteiger partial charge is 0.208 e. The van der Waals surface area contributed by atoms with Crippen LogP contribution in [-0.2, 0) is 13.6 Å². The van der Waals surface area contributed by atoms with Crippen LogP contribution in [0.25, 0.3) is 11.0 Å². The molecule has 146 valence electrons. The minimum absolute atomic E-state index is 0.0178. The number of pyridine rings is 1. The Labute approximate surface area is 168 Å². The molecule has 1 N–H and O–H groups in total. The molecule has 0 bridgehead atoms. The lowest BCUT2D eigenvalue weighted by Gasteiger charge is -2.09. The molecular formula is C22H21N5O2. The summed E-state index contributed by atoms with van der Waals surface area (Å²) in [5.41, 5.74) is 5.80. The molecule has 2 heterocycles. The third-order valence-electron chi connectivity index (χ3n) is 4.73. The normalized spacial score (nSPS) is 10.9. The zero-order valence-corrected chi connectivity index (χ0v) is 16.5. The van der Waals surface area contributed by atoms with E-state index in [1.54, 1.807) is 18.3 Å². The van der Waals surface area contributed by atoms with Gasteiger partial charge in [0.1, 0.15) is 18.0 Å². The first-order valence-electron chi connectivity index (χ1n) is 9.26. The lowest BCUT2D eigenvalue weighted by Crippen LogP contribution is -2.00. The Bertz CT molecular complexity index is 1200. The average molecular weight is 387 g/mol. The molecule has 0 amide bonds. The highest BCUT2D eigenvalue weighted by Gasteiger charge is 2.11. The molecule has 0 aliphatic rings. The number of nitrogens with zero attached hydrogens (tertiary/aromatic N) is 4. The number of nitroso groups, excluding NO2 is 1. The van der Waals surface area contributed by atoms with Gasteiger partial charge in [-0.05, 0) is 43.7 Å². The van der Waals surface area contributed by atoms with Crippen LogP contribution < -0.4 is 10.1 Å². The first kappa shape index (κ1) is 18.6. The van der Waals surface area contributed by atoms with Crippen LogP contribution in [0.1, 0.15) is 16.8 Å². The Balaban J connectivity index is 1.61. The molecule has 29 heavy (non-hydrogen) atoms. The van der Waals surface area contributed by atoms with Crippen molar-refractivity contribution in [1.29, 1.82) is 0 Å². The predicted molar refractivity (Wildman–Crippen MR) is 114 cm³/mol. The third kappa shape index (κ3) is 3.94. The van der Waals surface area contributed by atoms with Gasteiger partial charge in [-0.1, -0.05) is 22.9 Å². The van der Waals surface area contributed by atoms with Gasteiger partial charge in [0.2, 0.25) is 5.95 Å². The van der Waals surface area contributed by atoms with Crippen LogP contribution in [0, 0.1) is 18.8 Å². The molecule has 0 aliphatic heterocycles. The molecule has 2 aromatic carbocycles. The summed E-state index contributed by atoms with van der Waals surface area (Å²) in [6, 6.07) is 15.5. The highest BCUT2D eigenvalue weighted by Crippen LogP contribution is 2.29. The maximum absolute atomic E-state index is 10.4. The molecule has 0 radical (unpaired) electrons. The SMILES string of the molecule is Cc1ccc(Nc2nc3cc(Oc4ccnc(CN=O)c4)ccc3n2C)c(C)c1. The zero-order valence-electron chi connectivity index (χ0n) is 16.5. The molecule has 0 unspecified atom stereocenters.